The minimum Gasteiger partial charge on any atom is -0.496 e. The van der Waals surface area contributed by atoms with Gasteiger partial charge in [0.25, 0.3) is 5.91 Å². The fourth-order valence-electron chi connectivity index (χ4n) is 3.83. The van der Waals surface area contributed by atoms with E-state index < -0.39 is 46.7 Å². The predicted molar refractivity (Wildman–Crippen MR) is 97.2 cm³/mol. The molecule has 0 radical (unpaired) electrons. The number of ether oxygens (including phenoxy) is 1. The molecule has 2 N–H and O–H groups in total. The van der Waals surface area contributed by atoms with Crippen LogP contribution in [-0.4, -0.2) is 31.6 Å². The van der Waals surface area contributed by atoms with Crippen LogP contribution in [0, 0.1) is 5.92 Å². The molecule has 0 aliphatic heterocycles. The van der Waals surface area contributed by atoms with Crippen molar-refractivity contribution in [2.45, 2.75) is 63.0 Å². The van der Waals surface area contributed by atoms with Crippen LogP contribution in [0.15, 0.2) is 12.1 Å². The predicted octanol–water partition coefficient (Wildman–Crippen LogP) is 4.77. The Morgan fingerprint density at radius 2 is 1.63 bits per heavy atom. The Kier molecular flexibility index (Phi) is 6.54. The van der Waals surface area contributed by atoms with Crippen molar-refractivity contribution in [3.05, 3.63) is 28.8 Å². The molecule has 1 amide bonds. The van der Waals surface area contributed by atoms with E-state index in [9.17, 15) is 31.1 Å². The number of halogens is 6. The molecule has 1 aromatic carbocycles. The molecule has 2 unspecified atom stereocenters. The number of methoxy groups -OCH3 is 1. The number of carbonyl (C=O) groups excluding carboxylic acids is 1. The van der Waals surface area contributed by atoms with Gasteiger partial charge in [0.1, 0.15) is 5.75 Å². The summed E-state index contributed by atoms with van der Waals surface area (Å²) >= 11 is 0. The Labute approximate surface area is 170 Å². The van der Waals surface area contributed by atoms with Gasteiger partial charge in [-0.3, -0.25) is 4.79 Å². The average Bonchev–Trinajstić information content (AvgIpc) is 3.49. The minimum absolute atomic E-state index is 0.0405. The van der Waals surface area contributed by atoms with Crippen LogP contribution in [0.5, 0.6) is 5.75 Å². The molecule has 2 fully saturated rings. The highest BCUT2D eigenvalue weighted by atomic mass is 19.4. The van der Waals surface area contributed by atoms with Crippen molar-refractivity contribution in [3.63, 3.8) is 0 Å². The molecule has 2 aliphatic rings. The zero-order valence-corrected chi connectivity index (χ0v) is 16.4. The quantitative estimate of drug-likeness (QED) is 0.629. The Hall–Kier alpha value is -1.97. The molecule has 10 heteroatoms. The number of nitrogens with one attached hydrogen (secondary N) is 2. The van der Waals surface area contributed by atoms with E-state index in [-0.39, 0.29) is 12.1 Å². The lowest BCUT2D eigenvalue weighted by atomic mass is 9.89. The summed E-state index contributed by atoms with van der Waals surface area (Å²) in [5, 5.41) is 5.99. The molecule has 2 saturated carbocycles. The molecule has 0 heterocycles. The molecule has 2 atom stereocenters. The summed E-state index contributed by atoms with van der Waals surface area (Å²) in [5.41, 5.74) is -4.11. The smallest absolute Gasteiger partial charge is 0.417 e. The fraction of sp³-hybridized carbons (Fsp3) is 0.650. The fourth-order valence-corrected chi connectivity index (χ4v) is 3.83. The van der Waals surface area contributed by atoms with Crippen molar-refractivity contribution in [1.29, 1.82) is 0 Å². The standard InChI is InChI=1S/C20H24F6N2O2/c1-30-16-9-12(19(21,22)23)8-13(20(24,25)26)17(16)18(29)28-15-5-3-2-4-14(15)27-10-11-6-7-11/h8-9,11,14-15,27H,2-7,10H2,1H3,(H,28,29). The lowest BCUT2D eigenvalue weighted by Gasteiger charge is -2.33. The van der Waals surface area contributed by atoms with Crippen LogP contribution in [-0.2, 0) is 12.4 Å². The molecule has 0 aromatic heterocycles. The van der Waals surface area contributed by atoms with Crippen molar-refractivity contribution in [1.82, 2.24) is 10.6 Å². The van der Waals surface area contributed by atoms with Crippen LogP contribution in [0.2, 0.25) is 0 Å². The van der Waals surface area contributed by atoms with Gasteiger partial charge in [-0.25, -0.2) is 0 Å². The van der Waals surface area contributed by atoms with Gasteiger partial charge in [0.2, 0.25) is 0 Å². The first-order chi connectivity index (χ1) is 14.0. The number of hydrogen-bond donors (Lipinski definition) is 2. The Bertz CT molecular complexity index is 774. The summed E-state index contributed by atoms with van der Waals surface area (Å²) in [6, 6.07) is -0.106. The molecular weight excluding hydrogens is 414 g/mol. The van der Waals surface area contributed by atoms with Crippen LogP contribution in [0.3, 0.4) is 0 Å². The third kappa shape index (κ3) is 5.39. The Balaban J connectivity index is 1.89. The number of rotatable bonds is 6. The van der Waals surface area contributed by atoms with Crippen LogP contribution in [0.25, 0.3) is 0 Å². The summed E-state index contributed by atoms with van der Waals surface area (Å²) in [5.74, 6) is -1.25. The van der Waals surface area contributed by atoms with E-state index in [1.54, 1.807) is 0 Å². The Morgan fingerprint density at radius 1 is 1.00 bits per heavy atom. The first kappa shape index (κ1) is 22.7. The molecule has 1 aromatic rings. The van der Waals surface area contributed by atoms with Gasteiger partial charge in [0.05, 0.1) is 23.8 Å². The van der Waals surface area contributed by atoms with E-state index >= 15 is 0 Å². The van der Waals surface area contributed by atoms with Crippen LogP contribution in [0.1, 0.15) is 60.0 Å². The maximum absolute atomic E-state index is 13.5. The van der Waals surface area contributed by atoms with Crippen molar-refractivity contribution in [2.75, 3.05) is 13.7 Å². The topological polar surface area (TPSA) is 50.4 Å². The van der Waals surface area contributed by atoms with Gasteiger partial charge in [0, 0.05) is 12.1 Å². The first-order valence-corrected chi connectivity index (χ1v) is 9.91. The summed E-state index contributed by atoms with van der Waals surface area (Å²) in [7, 11) is 0.938. The van der Waals surface area contributed by atoms with Crippen LogP contribution >= 0.6 is 0 Å². The van der Waals surface area contributed by atoms with Crippen molar-refractivity contribution < 1.29 is 35.9 Å². The first-order valence-electron chi connectivity index (χ1n) is 9.91. The maximum atomic E-state index is 13.5. The second kappa shape index (κ2) is 8.64. The molecule has 4 nitrogen and oxygen atoms in total. The van der Waals surface area contributed by atoms with Crippen molar-refractivity contribution in [3.8, 4) is 5.75 Å². The highest BCUT2D eigenvalue weighted by molar-refractivity contribution is 5.99. The van der Waals surface area contributed by atoms with E-state index in [0.717, 1.165) is 45.8 Å². The summed E-state index contributed by atoms with van der Waals surface area (Å²) in [6.07, 6.45) is -4.80. The summed E-state index contributed by atoms with van der Waals surface area (Å²) < 4.78 is 84.6. The highest BCUT2D eigenvalue weighted by Gasteiger charge is 2.42. The molecular formula is C20H24F6N2O2. The Morgan fingerprint density at radius 3 is 2.17 bits per heavy atom. The molecule has 0 spiro atoms. The van der Waals surface area contributed by atoms with E-state index in [1.807, 2.05) is 0 Å². The number of hydrogen-bond acceptors (Lipinski definition) is 3. The maximum Gasteiger partial charge on any atom is 0.417 e. The van der Waals surface area contributed by atoms with E-state index in [0.29, 0.717) is 18.4 Å². The summed E-state index contributed by atoms with van der Waals surface area (Å²) in [6.45, 7) is 0.786. The average molecular weight is 438 g/mol. The third-order valence-corrected chi connectivity index (χ3v) is 5.63. The van der Waals surface area contributed by atoms with Gasteiger partial charge in [-0.1, -0.05) is 12.8 Å². The number of benzene rings is 1. The third-order valence-electron chi connectivity index (χ3n) is 5.63. The van der Waals surface area contributed by atoms with Gasteiger partial charge in [0.15, 0.2) is 0 Å². The second-order valence-corrected chi connectivity index (χ2v) is 7.92. The normalized spacial score (nSPS) is 22.6. The number of carbonyl (C=O) groups is 1. The molecule has 0 saturated heterocycles. The molecule has 2 aliphatic carbocycles. The van der Waals surface area contributed by atoms with E-state index in [1.165, 1.54) is 0 Å². The monoisotopic (exact) mass is 438 g/mol. The highest BCUT2D eigenvalue weighted by Crippen LogP contribution is 2.41. The van der Waals surface area contributed by atoms with Gasteiger partial charge in [-0.15, -0.1) is 0 Å². The van der Waals surface area contributed by atoms with Gasteiger partial charge in [-0.2, -0.15) is 26.3 Å². The SMILES string of the molecule is COc1cc(C(F)(F)F)cc(C(F)(F)F)c1C(=O)NC1CCCCC1NCC1CC1. The van der Waals surface area contributed by atoms with Gasteiger partial charge in [-0.05, 0) is 50.3 Å². The van der Waals surface area contributed by atoms with Gasteiger partial charge >= 0.3 is 12.4 Å². The molecule has 3 rings (SSSR count). The molecule has 168 valence electrons. The molecule has 30 heavy (non-hydrogen) atoms. The molecule has 0 bridgehead atoms. The lowest BCUT2D eigenvalue weighted by Crippen LogP contribution is -2.52. The van der Waals surface area contributed by atoms with E-state index in [2.05, 4.69) is 10.6 Å². The second-order valence-electron chi connectivity index (χ2n) is 7.92. The minimum atomic E-state index is -5.16. The summed E-state index contributed by atoms with van der Waals surface area (Å²) in [4.78, 5) is 12.8. The van der Waals surface area contributed by atoms with Crippen LogP contribution < -0.4 is 15.4 Å². The number of alkyl halides is 6. The lowest BCUT2D eigenvalue weighted by molar-refractivity contribution is -0.143. The van der Waals surface area contributed by atoms with Crippen molar-refractivity contribution in [2.24, 2.45) is 5.92 Å². The zero-order chi connectivity index (χ0) is 22.1. The largest absolute Gasteiger partial charge is 0.496 e. The van der Waals surface area contributed by atoms with Gasteiger partial charge < -0.3 is 15.4 Å². The van der Waals surface area contributed by atoms with E-state index in [4.69, 9.17) is 4.74 Å². The van der Waals surface area contributed by atoms with Crippen molar-refractivity contribution >= 4 is 5.91 Å². The van der Waals surface area contributed by atoms with Crippen LogP contribution in [0.4, 0.5) is 26.3 Å². The number of amides is 1. The zero-order valence-electron chi connectivity index (χ0n) is 16.4.